The van der Waals surface area contributed by atoms with E-state index >= 15 is 0 Å². The van der Waals surface area contributed by atoms with Gasteiger partial charge in [-0.2, -0.15) is 5.10 Å². The molecule has 3 aromatic rings. The molecule has 2 aromatic carbocycles. The van der Waals surface area contributed by atoms with Crippen molar-refractivity contribution < 1.29 is 8.42 Å². The fraction of sp³-hybridized carbons (Fsp3) is 0.0556. The van der Waals surface area contributed by atoms with Crippen LogP contribution in [-0.2, 0) is 16.6 Å². The third-order valence-electron chi connectivity index (χ3n) is 3.44. The van der Waals surface area contributed by atoms with Crippen molar-refractivity contribution in [2.75, 3.05) is 0 Å². The van der Waals surface area contributed by atoms with Gasteiger partial charge in [0.25, 0.3) is 0 Å². The molecule has 0 saturated heterocycles. The third-order valence-corrected chi connectivity index (χ3v) is 4.74. The highest BCUT2D eigenvalue weighted by atomic mass is 35.5. The van der Waals surface area contributed by atoms with Gasteiger partial charge in [-0.15, -0.1) is 0 Å². The molecule has 128 valence electrons. The molecule has 0 radical (unpaired) electrons. The molecule has 1 aromatic heterocycles. The Bertz CT molecular complexity index is 965. The summed E-state index contributed by atoms with van der Waals surface area (Å²) in [7, 11) is -3.54. The highest BCUT2D eigenvalue weighted by Gasteiger charge is 2.07. The SMILES string of the molecule is O=S(=O)(/C=C/c1ccc(Cl)cc1)NCc1cnn(-c2ccccc2)c1. The van der Waals surface area contributed by atoms with Crippen LogP contribution in [0.2, 0.25) is 5.02 Å². The van der Waals surface area contributed by atoms with Crippen molar-refractivity contribution in [1.82, 2.24) is 14.5 Å². The van der Waals surface area contributed by atoms with Crippen molar-refractivity contribution in [2.45, 2.75) is 6.54 Å². The van der Waals surface area contributed by atoms with E-state index in [1.807, 2.05) is 30.3 Å². The van der Waals surface area contributed by atoms with Crippen LogP contribution in [0.5, 0.6) is 0 Å². The molecule has 0 aliphatic rings. The van der Waals surface area contributed by atoms with Crippen LogP contribution in [0.15, 0.2) is 72.4 Å². The first-order chi connectivity index (χ1) is 12.0. The van der Waals surface area contributed by atoms with Gasteiger partial charge in [0.05, 0.1) is 11.9 Å². The summed E-state index contributed by atoms with van der Waals surface area (Å²) < 4.78 is 28.4. The van der Waals surface area contributed by atoms with Gasteiger partial charge in [-0.3, -0.25) is 0 Å². The Hall–Kier alpha value is -2.41. The van der Waals surface area contributed by atoms with Crippen LogP contribution in [0, 0.1) is 0 Å². The van der Waals surface area contributed by atoms with Crippen LogP contribution in [0.4, 0.5) is 0 Å². The second kappa shape index (κ2) is 7.65. The minimum Gasteiger partial charge on any atom is -0.241 e. The first-order valence-electron chi connectivity index (χ1n) is 7.54. The molecular weight excluding hydrogens is 358 g/mol. The molecule has 0 amide bonds. The number of sulfonamides is 1. The summed E-state index contributed by atoms with van der Waals surface area (Å²) in [4.78, 5) is 0. The van der Waals surface area contributed by atoms with Crippen LogP contribution in [0.3, 0.4) is 0 Å². The summed E-state index contributed by atoms with van der Waals surface area (Å²) in [6.07, 6.45) is 4.95. The molecule has 0 spiro atoms. The summed E-state index contributed by atoms with van der Waals surface area (Å²) in [6.45, 7) is 0.167. The quantitative estimate of drug-likeness (QED) is 0.717. The number of benzene rings is 2. The fourth-order valence-electron chi connectivity index (χ4n) is 2.15. The average Bonchev–Trinajstić information content (AvgIpc) is 3.10. The smallest absolute Gasteiger partial charge is 0.234 e. The van der Waals surface area contributed by atoms with Gasteiger partial charge in [-0.05, 0) is 35.9 Å². The van der Waals surface area contributed by atoms with E-state index in [4.69, 9.17) is 11.6 Å². The van der Waals surface area contributed by atoms with Crippen molar-refractivity contribution >= 4 is 27.7 Å². The Balaban J connectivity index is 1.62. The molecule has 3 rings (SSSR count). The topological polar surface area (TPSA) is 64.0 Å². The highest BCUT2D eigenvalue weighted by Crippen LogP contribution is 2.11. The van der Waals surface area contributed by atoms with Crippen molar-refractivity contribution in [1.29, 1.82) is 0 Å². The molecular formula is C18H16ClN3O2S. The molecule has 0 atom stereocenters. The number of para-hydroxylation sites is 1. The van der Waals surface area contributed by atoms with E-state index in [0.29, 0.717) is 5.02 Å². The maximum Gasteiger partial charge on any atom is 0.234 e. The lowest BCUT2D eigenvalue weighted by molar-refractivity contribution is 0.591. The van der Waals surface area contributed by atoms with Crippen molar-refractivity contribution in [3.63, 3.8) is 0 Å². The predicted molar refractivity (Wildman–Crippen MR) is 99.8 cm³/mol. The predicted octanol–water partition coefficient (Wildman–Crippen LogP) is 3.62. The molecule has 1 N–H and O–H groups in total. The zero-order chi connectivity index (χ0) is 17.7. The van der Waals surface area contributed by atoms with Crippen molar-refractivity contribution in [2.24, 2.45) is 0 Å². The molecule has 0 aliphatic carbocycles. The van der Waals surface area contributed by atoms with E-state index in [-0.39, 0.29) is 6.54 Å². The second-order valence-corrected chi connectivity index (χ2v) is 7.44. The maximum atomic E-state index is 12.1. The number of halogens is 1. The summed E-state index contributed by atoms with van der Waals surface area (Å²) in [6, 6.07) is 16.5. The molecule has 1 heterocycles. The Labute approximate surface area is 151 Å². The Morgan fingerprint density at radius 1 is 1.08 bits per heavy atom. The molecule has 7 heteroatoms. The lowest BCUT2D eigenvalue weighted by atomic mass is 10.2. The maximum absolute atomic E-state index is 12.1. The first-order valence-corrected chi connectivity index (χ1v) is 9.46. The van der Waals surface area contributed by atoms with E-state index in [9.17, 15) is 8.42 Å². The van der Waals surface area contributed by atoms with Crippen LogP contribution in [0.1, 0.15) is 11.1 Å². The molecule has 0 saturated carbocycles. The van der Waals surface area contributed by atoms with Crippen LogP contribution in [0.25, 0.3) is 11.8 Å². The van der Waals surface area contributed by atoms with Gasteiger partial charge >= 0.3 is 0 Å². The van der Waals surface area contributed by atoms with E-state index in [2.05, 4.69) is 9.82 Å². The van der Waals surface area contributed by atoms with Gasteiger partial charge in [-0.25, -0.2) is 17.8 Å². The van der Waals surface area contributed by atoms with Gasteiger partial charge in [0.2, 0.25) is 10.0 Å². The number of rotatable bonds is 6. The van der Waals surface area contributed by atoms with Gasteiger partial charge in [0.1, 0.15) is 0 Å². The van der Waals surface area contributed by atoms with E-state index in [0.717, 1.165) is 22.2 Å². The number of hydrogen-bond donors (Lipinski definition) is 1. The second-order valence-electron chi connectivity index (χ2n) is 5.35. The summed E-state index contributed by atoms with van der Waals surface area (Å²) in [5, 5.41) is 5.98. The molecule has 0 aliphatic heterocycles. The summed E-state index contributed by atoms with van der Waals surface area (Å²) >= 11 is 5.80. The zero-order valence-corrected chi connectivity index (χ0v) is 14.8. The van der Waals surface area contributed by atoms with Crippen molar-refractivity contribution in [3.8, 4) is 5.69 Å². The standard InChI is InChI=1S/C18H16ClN3O2S/c19-17-8-6-15(7-9-17)10-11-25(23,24)21-13-16-12-20-22(14-16)18-4-2-1-3-5-18/h1-12,14,21H,13H2/b11-10+. The molecule has 5 nitrogen and oxygen atoms in total. The van der Waals surface area contributed by atoms with Gasteiger partial charge in [0, 0.05) is 28.7 Å². The van der Waals surface area contributed by atoms with E-state index < -0.39 is 10.0 Å². The normalized spacial score (nSPS) is 11.9. The first kappa shape index (κ1) is 17.4. The van der Waals surface area contributed by atoms with Crippen LogP contribution >= 0.6 is 11.6 Å². The number of nitrogens with zero attached hydrogens (tertiary/aromatic N) is 2. The monoisotopic (exact) mass is 373 g/mol. The van der Waals surface area contributed by atoms with E-state index in [1.165, 1.54) is 6.08 Å². The lowest BCUT2D eigenvalue weighted by Crippen LogP contribution is -2.20. The fourth-order valence-corrected chi connectivity index (χ4v) is 3.07. The lowest BCUT2D eigenvalue weighted by Gasteiger charge is -2.01. The molecule has 0 unspecified atom stereocenters. The number of nitrogens with one attached hydrogen (secondary N) is 1. The summed E-state index contributed by atoms with van der Waals surface area (Å²) in [5.74, 6) is 0. The average molecular weight is 374 g/mol. The Morgan fingerprint density at radius 2 is 1.80 bits per heavy atom. The van der Waals surface area contributed by atoms with Crippen LogP contribution < -0.4 is 4.72 Å². The minimum absolute atomic E-state index is 0.167. The van der Waals surface area contributed by atoms with E-state index in [1.54, 1.807) is 41.3 Å². The Kier molecular flexibility index (Phi) is 5.33. The molecule has 25 heavy (non-hydrogen) atoms. The number of hydrogen-bond acceptors (Lipinski definition) is 3. The molecule has 0 fully saturated rings. The zero-order valence-electron chi connectivity index (χ0n) is 13.2. The molecule has 0 bridgehead atoms. The van der Waals surface area contributed by atoms with Gasteiger partial charge < -0.3 is 0 Å². The van der Waals surface area contributed by atoms with Crippen LogP contribution in [-0.4, -0.2) is 18.2 Å². The third kappa shape index (κ3) is 5.03. The summed E-state index contributed by atoms with van der Waals surface area (Å²) in [5.41, 5.74) is 2.44. The largest absolute Gasteiger partial charge is 0.241 e. The van der Waals surface area contributed by atoms with Gasteiger partial charge in [-0.1, -0.05) is 41.9 Å². The highest BCUT2D eigenvalue weighted by molar-refractivity contribution is 7.92. The number of aromatic nitrogens is 2. The minimum atomic E-state index is -3.54. The Morgan fingerprint density at radius 3 is 2.52 bits per heavy atom. The van der Waals surface area contributed by atoms with Gasteiger partial charge in [0.15, 0.2) is 0 Å². The van der Waals surface area contributed by atoms with Crippen molar-refractivity contribution in [3.05, 3.63) is 88.5 Å².